The average Bonchev–Trinajstić information content (AvgIpc) is 3.44. The van der Waals surface area contributed by atoms with Gasteiger partial charge in [-0.1, -0.05) is 30.3 Å². The van der Waals surface area contributed by atoms with E-state index in [1.165, 1.54) is 31.4 Å². The van der Waals surface area contributed by atoms with Crippen LogP contribution < -0.4 is 0 Å². The molecule has 0 saturated heterocycles. The highest BCUT2D eigenvalue weighted by Gasteiger charge is 2.38. The summed E-state index contributed by atoms with van der Waals surface area (Å²) < 4.78 is 32.1. The molecule has 1 saturated carbocycles. The van der Waals surface area contributed by atoms with Gasteiger partial charge in [-0.15, -0.1) is 0 Å². The largest absolute Gasteiger partial charge is 0.465 e. The molecule has 0 aliphatic heterocycles. The van der Waals surface area contributed by atoms with Gasteiger partial charge in [0.2, 0.25) is 10.0 Å². The molecule has 1 aliphatic rings. The van der Waals surface area contributed by atoms with E-state index in [-0.39, 0.29) is 10.9 Å². The maximum Gasteiger partial charge on any atom is 0.337 e. The number of rotatable bonds is 6. The first kappa shape index (κ1) is 16.7. The standard InChI is InChI=1S/C18H19NO4S/c1-23-18(20)15-7-11-17(12-8-15)24(21,22)19(16-9-10-16)13-14-5-3-2-4-6-14/h2-8,11-12,16H,9-10,13H2,1H3. The zero-order chi connectivity index (χ0) is 17.2. The lowest BCUT2D eigenvalue weighted by atomic mass is 10.2. The molecule has 6 heteroatoms. The van der Waals surface area contributed by atoms with E-state index >= 15 is 0 Å². The quantitative estimate of drug-likeness (QED) is 0.755. The molecule has 0 spiro atoms. The minimum atomic E-state index is -3.60. The summed E-state index contributed by atoms with van der Waals surface area (Å²) in [6.45, 7) is 0.354. The molecule has 0 aromatic heterocycles. The SMILES string of the molecule is COC(=O)c1ccc(S(=O)(=O)N(Cc2ccccc2)C2CC2)cc1. The van der Waals surface area contributed by atoms with Crippen molar-refractivity contribution >= 4 is 16.0 Å². The fourth-order valence-electron chi connectivity index (χ4n) is 2.55. The third-order valence-corrected chi connectivity index (χ3v) is 5.93. The Morgan fingerprint density at radius 1 is 1.08 bits per heavy atom. The van der Waals surface area contributed by atoms with Crippen molar-refractivity contribution in [1.82, 2.24) is 4.31 Å². The number of carbonyl (C=O) groups excluding carboxylic acids is 1. The topological polar surface area (TPSA) is 63.7 Å². The minimum Gasteiger partial charge on any atom is -0.465 e. The molecule has 24 heavy (non-hydrogen) atoms. The summed E-state index contributed by atoms with van der Waals surface area (Å²) in [5.74, 6) is -0.484. The molecule has 5 nitrogen and oxygen atoms in total. The van der Waals surface area contributed by atoms with E-state index < -0.39 is 16.0 Å². The normalized spacial score (nSPS) is 14.6. The third kappa shape index (κ3) is 3.49. The van der Waals surface area contributed by atoms with Crippen LogP contribution in [-0.2, 0) is 21.3 Å². The molecular formula is C18H19NO4S. The Labute approximate surface area is 141 Å². The van der Waals surface area contributed by atoms with Crippen LogP contribution in [0.3, 0.4) is 0 Å². The van der Waals surface area contributed by atoms with Gasteiger partial charge in [0, 0.05) is 12.6 Å². The highest BCUT2D eigenvalue weighted by molar-refractivity contribution is 7.89. The van der Waals surface area contributed by atoms with Crippen molar-refractivity contribution in [2.24, 2.45) is 0 Å². The zero-order valence-corrected chi connectivity index (χ0v) is 14.2. The number of hydrogen-bond donors (Lipinski definition) is 0. The number of methoxy groups -OCH3 is 1. The molecule has 0 N–H and O–H groups in total. The Morgan fingerprint density at radius 2 is 1.71 bits per heavy atom. The number of benzene rings is 2. The maximum atomic E-state index is 13.0. The monoisotopic (exact) mass is 345 g/mol. The molecule has 0 radical (unpaired) electrons. The Hall–Kier alpha value is -2.18. The third-order valence-electron chi connectivity index (χ3n) is 4.02. The van der Waals surface area contributed by atoms with Gasteiger partial charge in [0.1, 0.15) is 0 Å². The molecule has 0 atom stereocenters. The van der Waals surface area contributed by atoms with Crippen molar-refractivity contribution in [2.75, 3.05) is 7.11 Å². The van der Waals surface area contributed by atoms with E-state index in [1.807, 2.05) is 30.3 Å². The summed E-state index contributed by atoms with van der Waals surface area (Å²) in [4.78, 5) is 11.7. The van der Waals surface area contributed by atoms with Crippen LogP contribution in [0.1, 0.15) is 28.8 Å². The highest BCUT2D eigenvalue weighted by Crippen LogP contribution is 2.33. The number of sulfonamides is 1. The van der Waals surface area contributed by atoms with Gasteiger partial charge in [-0.05, 0) is 42.7 Å². The molecule has 0 unspecified atom stereocenters. The number of esters is 1. The van der Waals surface area contributed by atoms with Gasteiger partial charge in [-0.2, -0.15) is 4.31 Å². The number of hydrogen-bond acceptors (Lipinski definition) is 4. The van der Waals surface area contributed by atoms with E-state index in [4.69, 9.17) is 0 Å². The lowest BCUT2D eigenvalue weighted by Gasteiger charge is -2.22. The fourth-order valence-corrected chi connectivity index (χ4v) is 4.23. The first-order valence-electron chi connectivity index (χ1n) is 7.76. The molecule has 0 heterocycles. The summed E-state index contributed by atoms with van der Waals surface area (Å²) in [5.41, 5.74) is 1.29. The Kier molecular flexibility index (Phi) is 4.69. The van der Waals surface area contributed by atoms with Crippen molar-refractivity contribution in [3.05, 3.63) is 65.7 Å². The van der Waals surface area contributed by atoms with Crippen molar-refractivity contribution in [1.29, 1.82) is 0 Å². The van der Waals surface area contributed by atoms with Crippen molar-refractivity contribution in [3.63, 3.8) is 0 Å². The van der Waals surface area contributed by atoms with E-state index in [1.54, 1.807) is 4.31 Å². The van der Waals surface area contributed by atoms with Crippen LogP contribution in [0.25, 0.3) is 0 Å². The fraction of sp³-hybridized carbons (Fsp3) is 0.278. The summed E-state index contributed by atoms with van der Waals surface area (Å²) >= 11 is 0. The van der Waals surface area contributed by atoms with Gasteiger partial charge in [0.15, 0.2) is 0 Å². The van der Waals surface area contributed by atoms with Crippen LogP contribution in [0.2, 0.25) is 0 Å². The summed E-state index contributed by atoms with van der Waals surface area (Å²) in [6.07, 6.45) is 1.76. The Morgan fingerprint density at radius 3 is 2.25 bits per heavy atom. The second kappa shape index (κ2) is 6.75. The predicted molar refractivity (Wildman–Crippen MR) is 90.0 cm³/mol. The van der Waals surface area contributed by atoms with Crippen LogP contribution >= 0.6 is 0 Å². The predicted octanol–water partition coefficient (Wildman–Crippen LogP) is 2.83. The Bertz CT molecular complexity index is 812. The first-order valence-corrected chi connectivity index (χ1v) is 9.20. The van der Waals surface area contributed by atoms with Gasteiger partial charge in [0.25, 0.3) is 0 Å². The van der Waals surface area contributed by atoms with E-state index in [0.717, 1.165) is 18.4 Å². The van der Waals surface area contributed by atoms with Crippen LogP contribution in [0.4, 0.5) is 0 Å². The van der Waals surface area contributed by atoms with Gasteiger partial charge < -0.3 is 4.74 Å². The summed E-state index contributed by atoms with van der Waals surface area (Å²) in [7, 11) is -2.31. The number of nitrogens with zero attached hydrogens (tertiary/aromatic N) is 1. The van der Waals surface area contributed by atoms with Crippen LogP contribution in [0, 0.1) is 0 Å². The number of ether oxygens (including phenoxy) is 1. The zero-order valence-electron chi connectivity index (χ0n) is 13.4. The van der Waals surface area contributed by atoms with Crippen LogP contribution in [0.15, 0.2) is 59.5 Å². The van der Waals surface area contributed by atoms with Gasteiger partial charge in [0.05, 0.1) is 17.6 Å². The smallest absolute Gasteiger partial charge is 0.337 e. The lowest BCUT2D eigenvalue weighted by Crippen LogP contribution is -2.32. The molecule has 2 aromatic carbocycles. The minimum absolute atomic E-state index is 0.0514. The average molecular weight is 345 g/mol. The maximum absolute atomic E-state index is 13.0. The van der Waals surface area contributed by atoms with Crippen molar-refractivity contribution in [3.8, 4) is 0 Å². The van der Waals surface area contributed by atoms with Crippen molar-refractivity contribution in [2.45, 2.75) is 30.3 Å². The summed E-state index contributed by atoms with van der Waals surface area (Å²) in [6, 6.07) is 15.5. The van der Waals surface area contributed by atoms with E-state index in [0.29, 0.717) is 12.1 Å². The lowest BCUT2D eigenvalue weighted by molar-refractivity contribution is 0.0600. The molecule has 126 valence electrons. The van der Waals surface area contributed by atoms with Crippen LogP contribution in [0.5, 0.6) is 0 Å². The molecule has 0 bridgehead atoms. The second-order valence-corrected chi connectivity index (χ2v) is 7.67. The molecular weight excluding hydrogens is 326 g/mol. The van der Waals surface area contributed by atoms with Gasteiger partial charge in [-0.3, -0.25) is 0 Å². The van der Waals surface area contributed by atoms with Crippen molar-refractivity contribution < 1.29 is 17.9 Å². The molecule has 2 aromatic rings. The highest BCUT2D eigenvalue weighted by atomic mass is 32.2. The molecule has 0 amide bonds. The molecule has 1 fully saturated rings. The van der Waals surface area contributed by atoms with E-state index in [2.05, 4.69) is 4.74 Å². The summed E-state index contributed by atoms with van der Waals surface area (Å²) in [5, 5.41) is 0. The second-order valence-electron chi connectivity index (χ2n) is 5.78. The molecule has 3 rings (SSSR count). The van der Waals surface area contributed by atoms with Crippen LogP contribution in [-0.4, -0.2) is 31.8 Å². The Balaban J connectivity index is 1.87. The molecule has 1 aliphatic carbocycles. The van der Waals surface area contributed by atoms with E-state index in [9.17, 15) is 13.2 Å². The van der Waals surface area contributed by atoms with Gasteiger partial charge in [-0.25, -0.2) is 13.2 Å². The first-order chi connectivity index (χ1) is 11.5. The number of carbonyl (C=O) groups is 1. The van der Waals surface area contributed by atoms with Gasteiger partial charge >= 0.3 is 5.97 Å².